The molecule has 0 bridgehead atoms. The normalized spacial score (nSPS) is 18.4. The van der Waals surface area contributed by atoms with Gasteiger partial charge in [-0.3, -0.25) is 19.4 Å². The van der Waals surface area contributed by atoms with Gasteiger partial charge in [0.05, 0.1) is 24.5 Å². The maximum absolute atomic E-state index is 12.9. The number of H-pyrrole nitrogens is 2. The highest BCUT2D eigenvalue weighted by molar-refractivity contribution is 6.04. The van der Waals surface area contributed by atoms with E-state index < -0.39 is 35.2 Å². The molecule has 2 aliphatic rings. The van der Waals surface area contributed by atoms with Crippen LogP contribution in [0.25, 0.3) is 0 Å². The molecule has 46 heavy (non-hydrogen) atoms. The number of benzene rings is 1. The molecule has 2 aromatic heterocycles. The van der Waals surface area contributed by atoms with E-state index in [-0.39, 0.29) is 23.5 Å². The SMILES string of the molecule is CC(C)(C)OC(=O)N1CCC[C@@H]1c1ncc(C(=O)Nc2ccc(NC(=O)c3cnc([C@H]4CCCN4C(=O)OC(C)(C)C)[nH]3)cc2)[nH]1. The first-order valence-electron chi connectivity index (χ1n) is 15.5. The van der Waals surface area contributed by atoms with Crippen LogP contribution in [0.3, 0.4) is 0 Å². The Balaban J connectivity index is 1.15. The second kappa shape index (κ2) is 12.9. The fraction of sp³-hybridized carbons (Fsp3) is 0.500. The first-order valence-corrected chi connectivity index (χ1v) is 15.5. The number of nitrogens with one attached hydrogen (secondary N) is 4. The lowest BCUT2D eigenvalue weighted by Gasteiger charge is -2.27. The molecular formula is C32H42N8O6. The van der Waals surface area contributed by atoms with E-state index in [1.54, 1.807) is 34.1 Å². The Labute approximate surface area is 267 Å². The molecule has 2 saturated heterocycles. The van der Waals surface area contributed by atoms with Gasteiger partial charge in [0.2, 0.25) is 0 Å². The van der Waals surface area contributed by atoms with Crippen molar-refractivity contribution in [1.82, 2.24) is 29.7 Å². The van der Waals surface area contributed by atoms with Gasteiger partial charge >= 0.3 is 12.2 Å². The highest BCUT2D eigenvalue weighted by Crippen LogP contribution is 2.33. The number of ether oxygens (including phenoxy) is 2. The number of imidazole rings is 2. The van der Waals surface area contributed by atoms with E-state index in [2.05, 4.69) is 30.6 Å². The quantitative estimate of drug-likeness (QED) is 0.264. The molecule has 0 spiro atoms. The molecule has 0 aliphatic carbocycles. The number of hydrogen-bond acceptors (Lipinski definition) is 8. The molecule has 2 aliphatic heterocycles. The van der Waals surface area contributed by atoms with Crippen molar-refractivity contribution in [2.75, 3.05) is 23.7 Å². The molecule has 0 unspecified atom stereocenters. The number of carbonyl (C=O) groups is 4. The number of hydrogen-bond donors (Lipinski definition) is 4. The largest absolute Gasteiger partial charge is 0.444 e. The number of likely N-dealkylation sites (tertiary alicyclic amines) is 2. The average Bonchev–Trinajstić information content (AvgIpc) is 3.77. The summed E-state index contributed by atoms with van der Waals surface area (Å²) < 4.78 is 11.1. The minimum atomic E-state index is -0.610. The lowest BCUT2D eigenvalue weighted by atomic mass is 10.2. The molecule has 2 atom stereocenters. The van der Waals surface area contributed by atoms with E-state index in [0.29, 0.717) is 49.0 Å². The van der Waals surface area contributed by atoms with E-state index in [0.717, 1.165) is 12.8 Å². The smallest absolute Gasteiger partial charge is 0.410 e. The third-order valence-corrected chi connectivity index (χ3v) is 7.47. The van der Waals surface area contributed by atoms with Gasteiger partial charge in [0.15, 0.2) is 0 Å². The lowest BCUT2D eigenvalue weighted by Crippen LogP contribution is -2.36. The fourth-order valence-corrected chi connectivity index (χ4v) is 5.46. The van der Waals surface area contributed by atoms with E-state index >= 15 is 0 Å². The summed E-state index contributed by atoms with van der Waals surface area (Å²) >= 11 is 0. The predicted octanol–water partition coefficient (Wildman–Crippen LogP) is 5.78. The maximum Gasteiger partial charge on any atom is 0.410 e. The van der Waals surface area contributed by atoms with Gasteiger partial charge in [0, 0.05) is 24.5 Å². The molecule has 0 radical (unpaired) electrons. The van der Waals surface area contributed by atoms with Gasteiger partial charge in [0.1, 0.15) is 34.2 Å². The van der Waals surface area contributed by atoms with Crippen LogP contribution in [-0.2, 0) is 9.47 Å². The topological polar surface area (TPSA) is 175 Å². The Hall–Kier alpha value is -4.88. The Morgan fingerprint density at radius 3 is 1.41 bits per heavy atom. The van der Waals surface area contributed by atoms with Crippen LogP contribution in [0.5, 0.6) is 0 Å². The Kier molecular flexibility index (Phi) is 9.08. The van der Waals surface area contributed by atoms with E-state index in [1.807, 2.05) is 41.5 Å². The number of aromatic nitrogens is 4. The van der Waals surface area contributed by atoms with Crippen LogP contribution >= 0.6 is 0 Å². The van der Waals surface area contributed by atoms with Crippen molar-refractivity contribution in [3.8, 4) is 0 Å². The molecule has 3 aromatic rings. The predicted molar refractivity (Wildman–Crippen MR) is 169 cm³/mol. The van der Waals surface area contributed by atoms with Crippen LogP contribution < -0.4 is 10.6 Å². The number of anilines is 2. The summed E-state index contributed by atoms with van der Waals surface area (Å²) in [5.41, 5.74) is 0.325. The van der Waals surface area contributed by atoms with E-state index in [9.17, 15) is 19.2 Å². The summed E-state index contributed by atoms with van der Waals surface area (Å²) in [6, 6.07) is 6.08. The zero-order valence-corrected chi connectivity index (χ0v) is 27.1. The number of aromatic amines is 2. The summed E-state index contributed by atoms with van der Waals surface area (Å²) in [4.78, 5) is 69.3. The second-order valence-electron chi connectivity index (χ2n) is 13.5. The van der Waals surface area contributed by atoms with Gasteiger partial charge in [-0.2, -0.15) is 0 Å². The molecule has 2 fully saturated rings. The average molecular weight is 635 g/mol. The first kappa shape index (κ1) is 32.5. The minimum Gasteiger partial charge on any atom is -0.444 e. The third kappa shape index (κ3) is 7.85. The Bertz CT molecular complexity index is 1470. The molecule has 5 rings (SSSR count). The fourth-order valence-electron chi connectivity index (χ4n) is 5.46. The maximum atomic E-state index is 12.9. The molecule has 4 amide bonds. The van der Waals surface area contributed by atoms with Gasteiger partial charge in [-0.05, 0) is 91.5 Å². The van der Waals surface area contributed by atoms with Crippen molar-refractivity contribution in [3.05, 3.63) is 59.7 Å². The highest BCUT2D eigenvalue weighted by Gasteiger charge is 2.36. The molecule has 4 N–H and O–H groups in total. The number of carbonyl (C=O) groups excluding carboxylic acids is 4. The molecule has 4 heterocycles. The Morgan fingerprint density at radius 2 is 1.07 bits per heavy atom. The van der Waals surface area contributed by atoms with Gasteiger partial charge in [-0.1, -0.05) is 0 Å². The van der Waals surface area contributed by atoms with Crippen LogP contribution in [-0.4, -0.2) is 78.0 Å². The molecule has 14 nitrogen and oxygen atoms in total. The molecule has 14 heteroatoms. The monoisotopic (exact) mass is 634 g/mol. The van der Waals surface area contributed by atoms with Gasteiger partial charge in [0.25, 0.3) is 11.8 Å². The molecular weight excluding hydrogens is 592 g/mol. The van der Waals surface area contributed by atoms with Crippen molar-refractivity contribution in [3.63, 3.8) is 0 Å². The number of nitrogens with zero attached hydrogens (tertiary/aromatic N) is 4. The molecule has 0 saturated carbocycles. The standard InChI is InChI=1S/C32H42N8O6/c1-31(2,3)45-29(43)39-15-7-9-23(39)25-33-17-21(37-25)27(41)35-19-11-13-20(14-12-19)36-28(42)22-18-34-26(38-22)24-10-8-16-40(24)30(44)46-32(4,5)6/h11-14,17-18,23-24H,7-10,15-16H2,1-6H3,(H,33,37)(H,34,38)(H,35,41)(H,36,42)/t23-,24-/m1/s1. The second-order valence-corrected chi connectivity index (χ2v) is 13.5. The minimum absolute atomic E-state index is 0.256. The van der Waals surface area contributed by atoms with Crippen LogP contribution in [0.2, 0.25) is 0 Å². The Morgan fingerprint density at radius 1 is 0.696 bits per heavy atom. The van der Waals surface area contributed by atoms with E-state index in [1.165, 1.54) is 12.4 Å². The van der Waals surface area contributed by atoms with Gasteiger partial charge in [-0.25, -0.2) is 19.6 Å². The number of amides is 4. The summed E-state index contributed by atoms with van der Waals surface area (Å²) in [6.45, 7) is 12.0. The van der Waals surface area contributed by atoms with Crippen molar-refractivity contribution >= 4 is 35.4 Å². The lowest BCUT2D eigenvalue weighted by molar-refractivity contribution is 0.0208. The first-order chi connectivity index (χ1) is 21.7. The van der Waals surface area contributed by atoms with Crippen LogP contribution in [0.4, 0.5) is 21.0 Å². The molecule has 1 aromatic carbocycles. The van der Waals surface area contributed by atoms with Crippen LogP contribution in [0.15, 0.2) is 36.7 Å². The van der Waals surface area contributed by atoms with Crippen molar-refractivity contribution in [1.29, 1.82) is 0 Å². The summed E-state index contributed by atoms with van der Waals surface area (Å²) in [6.07, 6.45) is 5.13. The van der Waals surface area contributed by atoms with Crippen LogP contribution in [0, 0.1) is 0 Å². The summed E-state index contributed by atoms with van der Waals surface area (Å²) in [5, 5.41) is 5.63. The zero-order valence-electron chi connectivity index (χ0n) is 27.1. The zero-order chi connectivity index (χ0) is 33.2. The summed E-state index contributed by atoms with van der Waals surface area (Å²) in [5.74, 6) is 0.266. The third-order valence-electron chi connectivity index (χ3n) is 7.47. The van der Waals surface area contributed by atoms with Crippen molar-refractivity contribution in [2.24, 2.45) is 0 Å². The molecule has 246 valence electrons. The number of rotatable bonds is 6. The van der Waals surface area contributed by atoms with Gasteiger partial charge in [-0.15, -0.1) is 0 Å². The summed E-state index contributed by atoms with van der Waals surface area (Å²) in [7, 11) is 0. The van der Waals surface area contributed by atoms with E-state index in [4.69, 9.17) is 9.47 Å². The highest BCUT2D eigenvalue weighted by atomic mass is 16.6. The van der Waals surface area contributed by atoms with Crippen molar-refractivity contribution in [2.45, 2.75) is 90.5 Å². The van der Waals surface area contributed by atoms with Gasteiger partial charge < -0.3 is 30.1 Å². The van der Waals surface area contributed by atoms with Crippen molar-refractivity contribution < 1.29 is 28.7 Å². The van der Waals surface area contributed by atoms with Crippen LogP contribution in [0.1, 0.15) is 112 Å².